The summed E-state index contributed by atoms with van der Waals surface area (Å²) in [7, 11) is 1.42. The van der Waals surface area contributed by atoms with E-state index in [2.05, 4.69) is 15.4 Å². The van der Waals surface area contributed by atoms with Crippen molar-refractivity contribution in [3.05, 3.63) is 53.1 Å². The van der Waals surface area contributed by atoms with Gasteiger partial charge in [0, 0.05) is 37.5 Å². The van der Waals surface area contributed by atoms with Crippen LogP contribution in [0.1, 0.15) is 38.9 Å². The molecule has 0 fully saturated rings. The van der Waals surface area contributed by atoms with Crippen LogP contribution in [0.4, 0.5) is 18.9 Å². The maximum atomic E-state index is 13.7. The highest BCUT2D eigenvalue weighted by Crippen LogP contribution is 2.29. The molecule has 0 atom stereocenters. The minimum atomic E-state index is -4.44. The number of nitrogens with one attached hydrogen (secondary N) is 1. The molecule has 1 N–H and O–H groups in total. The van der Waals surface area contributed by atoms with Crippen LogP contribution in [0.3, 0.4) is 0 Å². The van der Waals surface area contributed by atoms with E-state index >= 15 is 0 Å². The van der Waals surface area contributed by atoms with Gasteiger partial charge in [0.25, 0.3) is 11.8 Å². The van der Waals surface area contributed by atoms with Crippen LogP contribution in [0.15, 0.2) is 30.7 Å². The Labute approximate surface area is 216 Å². The molecule has 0 radical (unpaired) electrons. The molecule has 0 aliphatic carbocycles. The van der Waals surface area contributed by atoms with E-state index in [-0.39, 0.29) is 36.2 Å². The zero-order chi connectivity index (χ0) is 27.4. The van der Waals surface area contributed by atoms with Crippen LogP contribution in [-0.2, 0) is 17.7 Å². The van der Waals surface area contributed by atoms with Crippen LogP contribution in [0, 0.1) is 6.92 Å². The Balaban J connectivity index is 1.73. The smallest absolute Gasteiger partial charge is 0.408 e. The number of rotatable bonds is 6. The SMILES string of the molecule is CCNC(=O)c1cc(-c2cc(C)c3c(n2)CCOCCN(c2cnn(CC(F)(F)F)c2)C3=O)cnc1OC. The van der Waals surface area contributed by atoms with Crippen molar-refractivity contribution in [3.63, 3.8) is 0 Å². The van der Waals surface area contributed by atoms with Crippen LogP contribution in [0.2, 0.25) is 0 Å². The van der Waals surface area contributed by atoms with E-state index in [1.54, 1.807) is 26.0 Å². The fourth-order valence-electron chi connectivity index (χ4n) is 4.20. The van der Waals surface area contributed by atoms with Crippen molar-refractivity contribution in [2.24, 2.45) is 0 Å². The molecule has 13 heteroatoms. The van der Waals surface area contributed by atoms with E-state index < -0.39 is 18.6 Å². The second-order valence-electron chi connectivity index (χ2n) is 8.62. The molecule has 1 aliphatic rings. The average Bonchev–Trinajstić information content (AvgIpc) is 3.33. The molecule has 0 bridgehead atoms. The number of carbonyl (C=O) groups excluding carboxylic acids is 2. The van der Waals surface area contributed by atoms with Crippen LogP contribution >= 0.6 is 0 Å². The molecule has 202 valence electrons. The van der Waals surface area contributed by atoms with Gasteiger partial charge < -0.3 is 19.7 Å². The predicted octanol–water partition coefficient (Wildman–Crippen LogP) is 3.19. The Morgan fingerprint density at radius 1 is 1.24 bits per heavy atom. The summed E-state index contributed by atoms with van der Waals surface area (Å²) in [5.41, 5.74) is 2.94. The summed E-state index contributed by atoms with van der Waals surface area (Å²) in [5.74, 6) is -0.586. The molecule has 0 aromatic carbocycles. The lowest BCUT2D eigenvalue weighted by molar-refractivity contribution is -0.142. The van der Waals surface area contributed by atoms with Gasteiger partial charge in [-0.15, -0.1) is 0 Å². The number of carbonyl (C=O) groups is 2. The first-order valence-electron chi connectivity index (χ1n) is 11.9. The lowest BCUT2D eigenvalue weighted by Crippen LogP contribution is -2.34. The van der Waals surface area contributed by atoms with E-state index in [1.807, 2.05) is 0 Å². The fourth-order valence-corrected chi connectivity index (χ4v) is 4.20. The van der Waals surface area contributed by atoms with Gasteiger partial charge in [-0.05, 0) is 31.5 Å². The second-order valence-corrected chi connectivity index (χ2v) is 8.62. The number of pyridine rings is 2. The van der Waals surface area contributed by atoms with Gasteiger partial charge in [-0.1, -0.05) is 0 Å². The number of anilines is 1. The van der Waals surface area contributed by atoms with E-state index in [4.69, 9.17) is 14.5 Å². The largest absolute Gasteiger partial charge is 0.480 e. The monoisotopic (exact) mass is 532 g/mol. The number of alkyl halides is 3. The van der Waals surface area contributed by atoms with E-state index in [0.29, 0.717) is 47.7 Å². The summed E-state index contributed by atoms with van der Waals surface area (Å²) in [6, 6.07) is 3.34. The van der Waals surface area contributed by atoms with Gasteiger partial charge in [0.05, 0.1) is 49.2 Å². The van der Waals surface area contributed by atoms with Gasteiger partial charge in [-0.3, -0.25) is 19.3 Å². The highest BCUT2D eigenvalue weighted by atomic mass is 19.4. The molecule has 4 heterocycles. The minimum Gasteiger partial charge on any atom is -0.480 e. The summed E-state index contributed by atoms with van der Waals surface area (Å²) >= 11 is 0. The number of methoxy groups -OCH3 is 1. The molecule has 0 saturated heterocycles. The van der Waals surface area contributed by atoms with Crippen LogP contribution in [-0.4, -0.2) is 71.2 Å². The van der Waals surface area contributed by atoms with Crippen LogP contribution in [0.5, 0.6) is 5.88 Å². The number of amides is 2. The Morgan fingerprint density at radius 2 is 2.03 bits per heavy atom. The van der Waals surface area contributed by atoms with Crippen molar-refractivity contribution in [2.45, 2.75) is 33.0 Å². The molecular weight excluding hydrogens is 505 g/mol. The molecule has 2 amide bonds. The molecule has 1 aliphatic heterocycles. The first kappa shape index (κ1) is 27.0. The number of aryl methyl sites for hydroxylation is 1. The molecule has 3 aromatic heterocycles. The van der Waals surface area contributed by atoms with Gasteiger partial charge in [0.2, 0.25) is 5.88 Å². The molecule has 0 unspecified atom stereocenters. The number of hydrogen-bond donors (Lipinski definition) is 1. The summed E-state index contributed by atoms with van der Waals surface area (Å²) in [5, 5.41) is 6.49. The van der Waals surface area contributed by atoms with Gasteiger partial charge in [0.1, 0.15) is 12.1 Å². The van der Waals surface area contributed by atoms with Crippen molar-refractivity contribution in [2.75, 3.05) is 38.3 Å². The van der Waals surface area contributed by atoms with E-state index in [0.717, 1.165) is 4.68 Å². The molecule has 4 rings (SSSR count). The highest BCUT2D eigenvalue weighted by Gasteiger charge is 2.30. The quantitative estimate of drug-likeness (QED) is 0.519. The van der Waals surface area contributed by atoms with E-state index in [9.17, 15) is 22.8 Å². The van der Waals surface area contributed by atoms with Crippen LogP contribution < -0.4 is 15.0 Å². The minimum absolute atomic E-state index is 0.134. The summed E-state index contributed by atoms with van der Waals surface area (Å²) in [6.07, 6.45) is -0.161. The lowest BCUT2D eigenvalue weighted by Gasteiger charge is -2.22. The van der Waals surface area contributed by atoms with Crippen LogP contribution in [0.25, 0.3) is 11.3 Å². The summed E-state index contributed by atoms with van der Waals surface area (Å²) in [6.45, 7) is 3.34. The van der Waals surface area contributed by atoms with E-state index in [1.165, 1.54) is 30.6 Å². The summed E-state index contributed by atoms with van der Waals surface area (Å²) in [4.78, 5) is 36.5. The normalized spacial score (nSPS) is 14.4. The average molecular weight is 533 g/mol. The lowest BCUT2D eigenvalue weighted by atomic mass is 10.00. The number of nitrogens with zero attached hydrogens (tertiary/aromatic N) is 5. The Kier molecular flexibility index (Phi) is 7.95. The third-order valence-corrected chi connectivity index (χ3v) is 5.89. The first-order chi connectivity index (χ1) is 18.1. The third kappa shape index (κ3) is 5.93. The first-order valence-corrected chi connectivity index (χ1v) is 11.9. The van der Waals surface area contributed by atoms with Gasteiger partial charge in [-0.25, -0.2) is 4.98 Å². The third-order valence-electron chi connectivity index (χ3n) is 5.89. The molecule has 10 nitrogen and oxygen atoms in total. The topological polar surface area (TPSA) is 111 Å². The molecule has 3 aromatic rings. The number of aromatic nitrogens is 4. The zero-order valence-electron chi connectivity index (χ0n) is 21.1. The standard InChI is InChI=1S/C25H27F3N6O4/c1-4-29-22(35)18-10-16(11-30-23(18)37-3)20-9-15(2)21-19(32-20)5-7-38-8-6-34(24(21)36)17-12-31-33(13-17)14-25(26,27)28/h9-13H,4-8,14H2,1-3H3,(H,29,35). The highest BCUT2D eigenvalue weighted by molar-refractivity contribution is 6.08. The maximum Gasteiger partial charge on any atom is 0.408 e. The number of halogens is 3. The molecule has 0 spiro atoms. The van der Waals surface area contributed by atoms with Gasteiger partial charge in [-0.2, -0.15) is 18.3 Å². The zero-order valence-corrected chi connectivity index (χ0v) is 21.1. The fraction of sp³-hybridized carbons (Fsp3) is 0.400. The maximum absolute atomic E-state index is 13.7. The van der Waals surface area contributed by atoms with Crippen molar-refractivity contribution >= 4 is 17.5 Å². The molecule has 38 heavy (non-hydrogen) atoms. The Morgan fingerprint density at radius 3 is 2.74 bits per heavy atom. The van der Waals surface area contributed by atoms with Crippen molar-refractivity contribution in [3.8, 4) is 17.1 Å². The Bertz CT molecular complexity index is 1340. The summed E-state index contributed by atoms with van der Waals surface area (Å²) < 4.78 is 50.1. The molecule has 0 saturated carbocycles. The predicted molar refractivity (Wildman–Crippen MR) is 131 cm³/mol. The van der Waals surface area contributed by atoms with Gasteiger partial charge >= 0.3 is 6.18 Å². The number of hydrogen-bond acceptors (Lipinski definition) is 7. The molecular formula is C25H27F3N6O4. The number of ether oxygens (including phenoxy) is 2. The van der Waals surface area contributed by atoms with Crippen molar-refractivity contribution < 1.29 is 32.2 Å². The van der Waals surface area contributed by atoms with Crippen molar-refractivity contribution in [1.29, 1.82) is 0 Å². The Hall–Kier alpha value is -4.00. The number of fused-ring (bicyclic) bond motifs is 1. The van der Waals surface area contributed by atoms with Gasteiger partial charge in [0.15, 0.2) is 0 Å². The second kappa shape index (κ2) is 11.2. The van der Waals surface area contributed by atoms with Crippen molar-refractivity contribution in [1.82, 2.24) is 25.1 Å².